The van der Waals surface area contributed by atoms with Crippen LogP contribution in [0.3, 0.4) is 0 Å². The summed E-state index contributed by atoms with van der Waals surface area (Å²) in [5.41, 5.74) is 3.09. The third-order valence-corrected chi connectivity index (χ3v) is 5.19. The monoisotopic (exact) mass is 407 g/mol. The Morgan fingerprint density at radius 1 is 1.20 bits per heavy atom. The number of likely N-dealkylation sites (tertiary alicyclic amines) is 1. The van der Waals surface area contributed by atoms with Crippen molar-refractivity contribution < 1.29 is 9.59 Å². The van der Waals surface area contributed by atoms with Gasteiger partial charge in [-0.25, -0.2) is 4.98 Å². The van der Waals surface area contributed by atoms with Gasteiger partial charge in [0.1, 0.15) is 12.1 Å². The largest absolute Gasteiger partial charge is 0.368 e. The Morgan fingerprint density at radius 2 is 2.00 bits per heavy atom. The van der Waals surface area contributed by atoms with Crippen molar-refractivity contribution in [3.63, 3.8) is 0 Å². The zero-order chi connectivity index (χ0) is 21.1. The molecule has 1 atom stereocenters. The Bertz CT molecular complexity index is 1060. The molecule has 0 spiro atoms. The molecule has 1 aromatic carbocycles. The molecule has 2 aromatic heterocycles. The second-order valence-corrected chi connectivity index (χ2v) is 7.63. The molecule has 3 heterocycles. The zero-order valence-electron chi connectivity index (χ0n) is 17.1. The summed E-state index contributed by atoms with van der Waals surface area (Å²) >= 11 is 0. The molecule has 156 valence electrons. The number of nitrogens with one attached hydrogen (secondary N) is 2. The van der Waals surface area contributed by atoms with Crippen LogP contribution >= 0.6 is 0 Å². The van der Waals surface area contributed by atoms with Crippen LogP contribution in [0.25, 0.3) is 5.78 Å². The molecule has 2 N–H and O–H groups in total. The van der Waals surface area contributed by atoms with Crippen LogP contribution < -0.4 is 10.6 Å². The van der Waals surface area contributed by atoms with Crippen LogP contribution in [0.1, 0.15) is 23.2 Å². The number of anilines is 1. The number of carbonyl (C=O) groups excluding carboxylic acids is 2. The van der Waals surface area contributed by atoms with Crippen LogP contribution in [0.4, 0.5) is 5.82 Å². The SMILES string of the molecule is Cc1ccc(CN2CC(C(=O)NCCNc3cc(C)nc4ncnn34)CC2=O)cc1. The van der Waals surface area contributed by atoms with Gasteiger partial charge >= 0.3 is 0 Å². The highest BCUT2D eigenvalue weighted by molar-refractivity contribution is 5.89. The number of fused-ring (bicyclic) bond motifs is 1. The van der Waals surface area contributed by atoms with Gasteiger partial charge in [-0.2, -0.15) is 14.6 Å². The average Bonchev–Trinajstić information content (AvgIpc) is 3.33. The molecular formula is C21H25N7O2. The topological polar surface area (TPSA) is 105 Å². The van der Waals surface area contributed by atoms with E-state index < -0.39 is 0 Å². The predicted octanol–water partition coefficient (Wildman–Crippen LogP) is 1.32. The molecule has 0 radical (unpaired) electrons. The van der Waals surface area contributed by atoms with E-state index in [1.165, 1.54) is 11.9 Å². The standard InChI is InChI=1S/C21H25N7O2/c1-14-3-5-16(6-4-14)11-27-12-17(10-19(27)29)20(30)23-8-7-22-18-9-15(2)26-21-24-13-25-28(18)21/h3-6,9,13,17,22H,7-8,10-12H2,1-2H3,(H,23,30). The fraction of sp³-hybridized carbons (Fsp3) is 0.381. The van der Waals surface area contributed by atoms with Gasteiger partial charge in [0, 0.05) is 44.4 Å². The maximum Gasteiger partial charge on any atom is 0.254 e. The summed E-state index contributed by atoms with van der Waals surface area (Å²) in [6.45, 7) is 5.89. The summed E-state index contributed by atoms with van der Waals surface area (Å²) in [7, 11) is 0. The van der Waals surface area contributed by atoms with Crippen molar-refractivity contribution in [1.82, 2.24) is 29.8 Å². The minimum atomic E-state index is -0.312. The first kappa shape index (κ1) is 19.8. The van der Waals surface area contributed by atoms with Gasteiger partial charge in [-0.05, 0) is 19.4 Å². The molecule has 1 saturated heterocycles. The Balaban J connectivity index is 1.25. The summed E-state index contributed by atoms with van der Waals surface area (Å²) < 4.78 is 1.62. The molecule has 2 amide bonds. The van der Waals surface area contributed by atoms with E-state index in [9.17, 15) is 9.59 Å². The first-order chi connectivity index (χ1) is 14.5. The number of aryl methyl sites for hydroxylation is 2. The normalized spacial score (nSPS) is 16.3. The first-order valence-electron chi connectivity index (χ1n) is 10.0. The average molecular weight is 407 g/mol. The van der Waals surface area contributed by atoms with Crippen LogP contribution in [-0.2, 0) is 16.1 Å². The number of rotatable bonds is 7. The van der Waals surface area contributed by atoms with Crippen molar-refractivity contribution in [3.05, 3.63) is 53.5 Å². The first-order valence-corrected chi connectivity index (χ1v) is 10.0. The van der Waals surface area contributed by atoms with Crippen LogP contribution in [0.2, 0.25) is 0 Å². The molecule has 1 aliphatic heterocycles. The third-order valence-electron chi connectivity index (χ3n) is 5.19. The van der Waals surface area contributed by atoms with Gasteiger partial charge in [-0.1, -0.05) is 29.8 Å². The van der Waals surface area contributed by atoms with E-state index in [0.717, 1.165) is 17.1 Å². The van der Waals surface area contributed by atoms with Crippen molar-refractivity contribution in [3.8, 4) is 0 Å². The van der Waals surface area contributed by atoms with Crippen LogP contribution in [-0.4, -0.2) is 55.9 Å². The van der Waals surface area contributed by atoms with Gasteiger partial charge in [0.25, 0.3) is 5.78 Å². The second kappa shape index (κ2) is 8.48. The van der Waals surface area contributed by atoms with Gasteiger partial charge in [0.05, 0.1) is 5.92 Å². The van der Waals surface area contributed by atoms with Crippen molar-refractivity contribution in [2.24, 2.45) is 5.92 Å². The highest BCUT2D eigenvalue weighted by Gasteiger charge is 2.33. The molecule has 9 heteroatoms. The lowest BCUT2D eigenvalue weighted by atomic mass is 10.1. The number of carbonyl (C=O) groups is 2. The summed E-state index contributed by atoms with van der Waals surface area (Å²) in [5.74, 6) is 0.917. The highest BCUT2D eigenvalue weighted by atomic mass is 16.2. The van der Waals surface area contributed by atoms with E-state index in [4.69, 9.17) is 0 Å². The maximum absolute atomic E-state index is 12.5. The molecule has 30 heavy (non-hydrogen) atoms. The molecule has 0 saturated carbocycles. The number of hydrogen-bond acceptors (Lipinski definition) is 6. The van der Waals surface area contributed by atoms with Gasteiger partial charge in [0.15, 0.2) is 0 Å². The number of aromatic nitrogens is 4. The van der Waals surface area contributed by atoms with E-state index in [2.05, 4.69) is 25.7 Å². The molecule has 3 aromatic rings. The summed E-state index contributed by atoms with van der Waals surface area (Å²) in [6, 6.07) is 9.99. The Labute approximate surface area is 174 Å². The second-order valence-electron chi connectivity index (χ2n) is 7.63. The third kappa shape index (κ3) is 4.40. The highest BCUT2D eigenvalue weighted by Crippen LogP contribution is 2.20. The number of nitrogens with zero attached hydrogens (tertiary/aromatic N) is 5. The van der Waals surface area contributed by atoms with E-state index in [1.54, 1.807) is 9.42 Å². The fourth-order valence-corrected chi connectivity index (χ4v) is 3.59. The molecule has 0 bridgehead atoms. The predicted molar refractivity (Wildman–Crippen MR) is 112 cm³/mol. The summed E-state index contributed by atoms with van der Waals surface area (Å²) in [4.78, 5) is 35.0. The van der Waals surface area contributed by atoms with Crippen molar-refractivity contribution in [1.29, 1.82) is 0 Å². The maximum atomic E-state index is 12.5. The van der Waals surface area contributed by atoms with Crippen molar-refractivity contribution >= 4 is 23.4 Å². The fourth-order valence-electron chi connectivity index (χ4n) is 3.59. The van der Waals surface area contributed by atoms with Gasteiger partial charge in [-0.3, -0.25) is 9.59 Å². The summed E-state index contributed by atoms with van der Waals surface area (Å²) in [5, 5.41) is 10.3. The number of benzene rings is 1. The molecule has 9 nitrogen and oxygen atoms in total. The van der Waals surface area contributed by atoms with Crippen LogP contribution in [0, 0.1) is 19.8 Å². The van der Waals surface area contributed by atoms with Gasteiger partial charge in [0.2, 0.25) is 11.8 Å². The Hall–Kier alpha value is -3.49. The number of amides is 2. The quantitative estimate of drug-likeness (QED) is 0.573. The van der Waals surface area contributed by atoms with Gasteiger partial charge in [-0.15, -0.1) is 0 Å². The Morgan fingerprint density at radius 3 is 2.80 bits per heavy atom. The lowest BCUT2D eigenvalue weighted by Crippen LogP contribution is -2.35. The zero-order valence-corrected chi connectivity index (χ0v) is 17.1. The van der Waals surface area contributed by atoms with Crippen LogP contribution in [0.15, 0.2) is 36.7 Å². The molecule has 4 rings (SSSR count). The molecule has 1 aliphatic rings. The molecular weight excluding hydrogens is 382 g/mol. The molecule has 1 fully saturated rings. The smallest absolute Gasteiger partial charge is 0.254 e. The molecule has 0 aliphatic carbocycles. The van der Waals surface area contributed by atoms with Gasteiger partial charge < -0.3 is 15.5 Å². The lowest BCUT2D eigenvalue weighted by Gasteiger charge is -2.17. The minimum Gasteiger partial charge on any atom is -0.368 e. The lowest BCUT2D eigenvalue weighted by molar-refractivity contribution is -0.129. The Kier molecular flexibility index (Phi) is 5.60. The van der Waals surface area contributed by atoms with Crippen molar-refractivity contribution in [2.75, 3.05) is 25.0 Å². The minimum absolute atomic E-state index is 0.0229. The van der Waals surface area contributed by atoms with E-state index in [-0.39, 0.29) is 24.2 Å². The summed E-state index contributed by atoms with van der Waals surface area (Å²) in [6.07, 6.45) is 1.71. The van der Waals surface area contributed by atoms with Crippen molar-refractivity contribution in [2.45, 2.75) is 26.8 Å². The van der Waals surface area contributed by atoms with E-state index in [1.807, 2.05) is 44.2 Å². The van der Waals surface area contributed by atoms with E-state index >= 15 is 0 Å². The van der Waals surface area contributed by atoms with E-state index in [0.29, 0.717) is 32.0 Å². The van der Waals surface area contributed by atoms with Crippen LogP contribution in [0.5, 0.6) is 0 Å². The molecule has 1 unspecified atom stereocenters. The number of hydrogen-bond donors (Lipinski definition) is 2.